The molecule has 156 valence electrons. The Bertz CT molecular complexity index is 343. The molecule has 4 nitrogen and oxygen atoms in total. The van der Waals surface area contributed by atoms with Gasteiger partial charge < -0.3 is 19.6 Å². The molecule has 0 atom stereocenters. The summed E-state index contributed by atoms with van der Waals surface area (Å²) < 4.78 is 49.2. The van der Waals surface area contributed by atoms with Crippen LogP contribution in [0.5, 0.6) is 0 Å². The molecule has 0 aromatic heterocycles. The van der Waals surface area contributed by atoms with Crippen LogP contribution in [-0.2, 0) is 0 Å². The van der Waals surface area contributed by atoms with E-state index < -0.39 is 8.16 Å². The Morgan fingerprint density at radius 2 is 0.920 bits per heavy atom. The minimum atomic E-state index is -8.55. The maximum atomic E-state index is 9.84. The van der Waals surface area contributed by atoms with Crippen molar-refractivity contribution in [3.05, 3.63) is 24.8 Å². The van der Waals surface area contributed by atoms with Gasteiger partial charge in [0, 0.05) is 52.0 Å². The minimum absolute atomic E-state index is 0. The van der Waals surface area contributed by atoms with Crippen molar-refractivity contribution in [3.8, 4) is 0 Å². The molecule has 0 amide bonds. The topological polar surface area (TPSA) is 13.0 Å². The van der Waals surface area contributed by atoms with Crippen molar-refractivity contribution in [3.63, 3.8) is 0 Å². The van der Waals surface area contributed by atoms with Crippen LogP contribution >= 0.6 is 8.16 Å². The summed E-state index contributed by atoms with van der Waals surface area (Å²) in [4.78, 5) is 8.81. The Hall–Kier alpha value is -1.24. The van der Waals surface area contributed by atoms with Crippen molar-refractivity contribution in [2.24, 2.45) is 0 Å². The van der Waals surface area contributed by atoms with Crippen LogP contribution in [0.1, 0.15) is 36.1 Å². The van der Waals surface area contributed by atoms with Gasteiger partial charge >= 0.3 is 29.1 Å². The van der Waals surface area contributed by atoms with E-state index in [0.717, 1.165) is 26.4 Å². The number of halogens is 5. The van der Waals surface area contributed by atoms with Crippen molar-refractivity contribution in [1.29, 1.82) is 0 Å². The fourth-order valence-corrected chi connectivity index (χ4v) is 1.59. The van der Waals surface area contributed by atoms with Crippen molar-refractivity contribution in [1.82, 2.24) is 19.6 Å². The molecule has 0 aliphatic carbocycles. The average molecular weight is 398 g/mol. The van der Waals surface area contributed by atoms with Gasteiger partial charge in [0.1, 0.15) is 0 Å². The number of nitrogens with zero attached hydrogens (tertiary/aromatic N) is 4. The van der Waals surface area contributed by atoms with Crippen LogP contribution in [0, 0.1) is 0 Å². The molecule has 0 spiro atoms. The Balaban J connectivity index is -0.000000126. The second-order valence-electron chi connectivity index (χ2n) is 4.84. The molecule has 25 heavy (non-hydrogen) atoms. The third-order valence-electron chi connectivity index (χ3n) is 2.69. The van der Waals surface area contributed by atoms with Crippen molar-refractivity contribution < 1.29 is 21.0 Å². The monoisotopic (exact) mass is 398 g/mol. The van der Waals surface area contributed by atoms with Gasteiger partial charge in [-0.1, -0.05) is 22.3 Å². The summed E-state index contributed by atoms with van der Waals surface area (Å²) in [6.07, 6.45) is 8.40. The van der Waals surface area contributed by atoms with Crippen LogP contribution in [-0.4, -0.2) is 60.1 Å². The van der Waals surface area contributed by atoms with E-state index >= 15 is 0 Å². The molecular weight excluding hydrogens is 362 g/mol. The SMILES string of the molecule is C.C.C.CCN1C=CN(C)C1.CCN1C=CN(C)C1.FP(F)(F)(F)F. The summed E-state index contributed by atoms with van der Waals surface area (Å²) in [7, 11) is -4.40. The van der Waals surface area contributed by atoms with Crippen molar-refractivity contribution in [2.75, 3.05) is 40.5 Å². The zero-order chi connectivity index (χ0) is 17.4. The van der Waals surface area contributed by atoms with Gasteiger partial charge in [0.15, 0.2) is 0 Å². The fraction of sp³-hybridized carbons (Fsp3) is 0.733. The van der Waals surface area contributed by atoms with Gasteiger partial charge in [-0.15, -0.1) is 0 Å². The van der Waals surface area contributed by atoms with Gasteiger partial charge in [-0.2, -0.15) is 0 Å². The van der Waals surface area contributed by atoms with E-state index in [1.165, 1.54) is 0 Å². The molecular formula is C15H36F5N4P. The Morgan fingerprint density at radius 1 is 0.680 bits per heavy atom. The Kier molecular flexibility index (Phi) is 16.4. The van der Waals surface area contributed by atoms with Crippen LogP contribution in [0.4, 0.5) is 21.0 Å². The predicted molar refractivity (Wildman–Crippen MR) is 101 cm³/mol. The Labute approximate surface area is 151 Å². The van der Waals surface area contributed by atoms with E-state index in [-0.39, 0.29) is 22.3 Å². The fourth-order valence-electron chi connectivity index (χ4n) is 1.59. The normalized spacial score (nSPS) is 16.3. The van der Waals surface area contributed by atoms with Gasteiger partial charge in [-0.3, -0.25) is 0 Å². The standard InChI is InChI=1S/2C6H12N2.3CH4.F5P/c2*1-3-8-5-4-7(2)6-8;;;;1-6(2,3,4)5/h2*4-5H,3,6H2,1-2H3;3*1H4;. The second-order valence-corrected chi connectivity index (χ2v) is 6.12. The molecule has 0 fully saturated rings. The average Bonchev–Trinajstić information content (AvgIpc) is 2.95. The van der Waals surface area contributed by atoms with E-state index in [2.05, 4.69) is 72.3 Å². The number of hydrogen-bond acceptors (Lipinski definition) is 4. The summed E-state index contributed by atoms with van der Waals surface area (Å²) in [5.74, 6) is 0. The number of hydrogen-bond donors (Lipinski definition) is 0. The van der Waals surface area contributed by atoms with Gasteiger partial charge in [-0.05, 0) is 13.8 Å². The van der Waals surface area contributed by atoms with Crippen LogP contribution in [0.3, 0.4) is 0 Å². The van der Waals surface area contributed by atoms with Gasteiger partial charge in [-0.25, -0.2) is 0 Å². The van der Waals surface area contributed by atoms with E-state index in [1.807, 2.05) is 0 Å². The summed E-state index contributed by atoms with van der Waals surface area (Å²) in [5, 5.41) is 0. The summed E-state index contributed by atoms with van der Waals surface area (Å²) >= 11 is 0. The first-order valence-electron chi connectivity index (χ1n) is 6.75. The summed E-state index contributed by atoms with van der Waals surface area (Å²) in [6, 6.07) is 0. The molecule has 0 N–H and O–H groups in total. The first kappa shape index (κ1) is 31.5. The molecule has 0 aromatic rings. The van der Waals surface area contributed by atoms with Crippen LogP contribution in [0.2, 0.25) is 0 Å². The third kappa shape index (κ3) is 22.8. The van der Waals surface area contributed by atoms with Gasteiger partial charge in [0.05, 0.1) is 13.3 Å². The molecule has 0 radical (unpaired) electrons. The summed E-state index contributed by atoms with van der Waals surface area (Å²) in [5.41, 5.74) is 0. The Morgan fingerprint density at radius 3 is 1.00 bits per heavy atom. The molecule has 0 unspecified atom stereocenters. The van der Waals surface area contributed by atoms with Crippen LogP contribution in [0.15, 0.2) is 24.8 Å². The second kappa shape index (κ2) is 13.0. The molecule has 0 aromatic carbocycles. The molecule has 2 heterocycles. The molecule has 2 aliphatic rings. The number of rotatable bonds is 2. The van der Waals surface area contributed by atoms with Crippen LogP contribution in [0.25, 0.3) is 0 Å². The predicted octanol–water partition coefficient (Wildman–Crippen LogP) is 6.24. The van der Waals surface area contributed by atoms with E-state index in [1.54, 1.807) is 0 Å². The van der Waals surface area contributed by atoms with Gasteiger partial charge in [0.25, 0.3) is 0 Å². The van der Waals surface area contributed by atoms with E-state index in [9.17, 15) is 21.0 Å². The molecule has 2 aliphatic heterocycles. The first-order valence-corrected chi connectivity index (χ1v) is 8.44. The van der Waals surface area contributed by atoms with Crippen molar-refractivity contribution >= 4 is 8.16 Å². The molecule has 0 saturated carbocycles. The first-order chi connectivity index (χ1) is 9.89. The third-order valence-corrected chi connectivity index (χ3v) is 2.69. The zero-order valence-electron chi connectivity index (χ0n) is 13.3. The quantitative estimate of drug-likeness (QED) is 0.403. The molecule has 2 rings (SSSR count). The van der Waals surface area contributed by atoms with E-state index in [0.29, 0.717) is 0 Å². The van der Waals surface area contributed by atoms with Crippen molar-refractivity contribution in [2.45, 2.75) is 36.1 Å². The summed E-state index contributed by atoms with van der Waals surface area (Å²) in [6.45, 7) is 8.64. The molecule has 0 bridgehead atoms. The molecule has 10 heteroatoms. The van der Waals surface area contributed by atoms with Crippen LogP contribution < -0.4 is 0 Å². The molecule has 0 saturated heterocycles. The maximum absolute atomic E-state index is 9.84. The van der Waals surface area contributed by atoms with E-state index in [4.69, 9.17) is 0 Å². The zero-order valence-corrected chi connectivity index (χ0v) is 14.2. The van der Waals surface area contributed by atoms with Gasteiger partial charge in [0.2, 0.25) is 0 Å².